The molecule has 3 N–H and O–H groups in total. The summed E-state index contributed by atoms with van der Waals surface area (Å²) in [6.07, 6.45) is 11.1. The molecule has 3 heterocycles. The van der Waals surface area contributed by atoms with E-state index in [1.54, 1.807) is 12.1 Å². The fraction of sp³-hybridized carbons (Fsp3) is 0.600. The van der Waals surface area contributed by atoms with Gasteiger partial charge in [-0.3, -0.25) is 4.79 Å². The number of hydrogen-bond donors (Lipinski definition) is 1. The lowest BCUT2D eigenvalue weighted by atomic mass is 9.64. The van der Waals surface area contributed by atoms with Gasteiger partial charge in [0.2, 0.25) is 5.91 Å². The van der Waals surface area contributed by atoms with Gasteiger partial charge in [0, 0.05) is 30.6 Å². The topological polar surface area (TPSA) is 51.1 Å². The first-order valence-corrected chi connectivity index (χ1v) is 14.5. The molecule has 4 nitrogen and oxygen atoms in total. The molecule has 1 amide bonds. The van der Waals surface area contributed by atoms with Crippen LogP contribution in [0, 0.1) is 17.7 Å². The number of nitrogens with zero attached hydrogens (tertiary/aromatic N) is 1. The quantitative estimate of drug-likeness (QED) is 0.437. The highest BCUT2D eigenvalue weighted by Crippen LogP contribution is 2.46. The minimum absolute atomic E-state index is 0. The Morgan fingerprint density at radius 1 is 1.05 bits per heavy atom. The number of hydrogen-bond acceptors (Lipinski definition) is 1. The van der Waals surface area contributed by atoms with Gasteiger partial charge in [-0.2, -0.15) is 4.98 Å². The zero-order valence-electron chi connectivity index (χ0n) is 21.9. The number of aromatic nitrogens is 1. The number of pyridine rings is 1. The van der Waals surface area contributed by atoms with E-state index < -0.39 is 0 Å². The molecule has 1 aromatic carbocycles. The SMILES string of the molecule is O=C([C@@H]1C[NH2+]C[C@]12CCCc1[nH+]c(Cl)ccc12)N1CC[C@@H](c2ccccc2F)C[C@H]1C1CCCCC1.[Cl-].[Cl-]. The maximum Gasteiger partial charge on any atom is 0.273 e. The Bertz CT molecular complexity index is 1130. The highest BCUT2D eigenvalue weighted by molar-refractivity contribution is 6.28. The summed E-state index contributed by atoms with van der Waals surface area (Å²) in [5.41, 5.74) is 3.24. The number of likely N-dealkylation sites (tertiary alicyclic amines) is 1. The highest BCUT2D eigenvalue weighted by atomic mass is 35.5. The van der Waals surface area contributed by atoms with Crippen LogP contribution in [0.5, 0.6) is 0 Å². The second kappa shape index (κ2) is 12.4. The van der Waals surface area contributed by atoms with Gasteiger partial charge in [-0.1, -0.05) is 37.5 Å². The van der Waals surface area contributed by atoms with Crippen molar-refractivity contribution in [3.63, 3.8) is 0 Å². The largest absolute Gasteiger partial charge is 1.00 e. The maximum absolute atomic E-state index is 14.8. The number of halogens is 4. The summed E-state index contributed by atoms with van der Waals surface area (Å²) in [4.78, 5) is 20.2. The van der Waals surface area contributed by atoms with Gasteiger partial charge >= 0.3 is 0 Å². The third-order valence-corrected chi connectivity index (χ3v) is 10.1. The predicted octanol–water partition coefficient (Wildman–Crippen LogP) is -1.58. The molecule has 1 spiro atoms. The van der Waals surface area contributed by atoms with Crippen molar-refractivity contribution >= 4 is 17.5 Å². The average Bonchev–Trinajstić information content (AvgIpc) is 3.32. The molecule has 0 unspecified atom stereocenters. The third kappa shape index (κ3) is 5.33. The number of aromatic amines is 1. The molecule has 1 aromatic heterocycles. The van der Waals surface area contributed by atoms with E-state index in [4.69, 9.17) is 11.6 Å². The number of carbonyl (C=O) groups excluding carboxylic acids is 1. The lowest BCUT2D eigenvalue weighted by molar-refractivity contribution is -0.640. The summed E-state index contributed by atoms with van der Waals surface area (Å²) in [5, 5.41) is 3.02. The van der Waals surface area contributed by atoms with Crippen LogP contribution in [0.1, 0.15) is 80.5 Å². The molecule has 2 saturated heterocycles. The van der Waals surface area contributed by atoms with E-state index in [0.29, 0.717) is 17.0 Å². The molecule has 1 saturated carbocycles. The van der Waals surface area contributed by atoms with Crippen LogP contribution >= 0.6 is 11.6 Å². The lowest BCUT2D eigenvalue weighted by Gasteiger charge is -2.47. The maximum atomic E-state index is 14.8. The van der Waals surface area contributed by atoms with Gasteiger partial charge in [0.15, 0.2) is 5.69 Å². The number of H-pyrrole nitrogens is 1. The van der Waals surface area contributed by atoms with E-state index in [1.807, 2.05) is 18.2 Å². The molecule has 2 aliphatic carbocycles. The van der Waals surface area contributed by atoms with Crippen molar-refractivity contribution in [2.75, 3.05) is 19.6 Å². The number of fused-ring (bicyclic) bond motifs is 2. The minimum Gasteiger partial charge on any atom is -1.00 e. The summed E-state index contributed by atoms with van der Waals surface area (Å²) >= 11 is 6.31. The normalized spacial score (nSPS) is 29.3. The van der Waals surface area contributed by atoms with Crippen LogP contribution in [0.2, 0.25) is 5.15 Å². The van der Waals surface area contributed by atoms with Crippen LogP contribution in [0.25, 0.3) is 0 Å². The first kappa shape index (κ1) is 29.6. The number of carbonyl (C=O) groups is 1. The Labute approximate surface area is 243 Å². The first-order valence-electron chi connectivity index (χ1n) is 14.1. The third-order valence-electron chi connectivity index (χ3n) is 9.92. The number of amides is 1. The van der Waals surface area contributed by atoms with E-state index in [-0.39, 0.29) is 53.9 Å². The summed E-state index contributed by atoms with van der Waals surface area (Å²) in [5.74, 6) is 0.960. The average molecular weight is 583 g/mol. The molecule has 3 fully saturated rings. The smallest absolute Gasteiger partial charge is 0.273 e. The van der Waals surface area contributed by atoms with E-state index in [2.05, 4.69) is 21.3 Å². The van der Waals surface area contributed by atoms with E-state index in [1.165, 1.54) is 43.4 Å². The van der Waals surface area contributed by atoms with Gasteiger partial charge in [-0.05, 0) is 79.7 Å². The zero-order chi connectivity index (χ0) is 24.7. The summed E-state index contributed by atoms with van der Waals surface area (Å²) in [7, 11) is 0. The predicted molar refractivity (Wildman–Crippen MR) is 138 cm³/mol. The van der Waals surface area contributed by atoms with Crippen molar-refractivity contribution < 1.29 is 44.3 Å². The van der Waals surface area contributed by atoms with E-state index in [0.717, 1.165) is 57.3 Å². The van der Waals surface area contributed by atoms with Crippen LogP contribution in [0.4, 0.5) is 4.39 Å². The van der Waals surface area contributed by atoms with Crippen molar-refractivity contribution in [2.45, 2.75) is 81.6 Å². The monoisotopic (exact) mass is 581 g/mol. The van der Waals surface area contributed by atoms with Gasteiger partial charge in [0.1, 0.15) is 11.7 Å². The number of piperidine rings is 1. The molecule has 2 aliphatic heterocycles. The van der Waals surface area contributed by atoms with Crippen LogP contribution in [0.15, 0.2) is 36.4 Å². The molecule has 8 heteroatoms. The molecular formula is C30H39Cl3FN3O. The molecule has 6 rings (SSSR count). The Hall–Kier alpha value is -1.40. The fourth-order valence-electron chi connectivity index (χ4n) is 8.20. The second-order valence-corrected chi connectivity index (χ2v) is 12.1. The van der Waals surface area contributed by atoms with Crippen molar-refractivity contribution in [3.05, 3.63) is 64.2 Å². The molecule has 0 bridgehead atoms. The Kier molecular flexibility index (Phi) is 9.66. The van der Waals surface area contributed by atoms with Crippen molar-refractivity contribution in [1.82, 2.24) is 4.90 Å². The Morgan fingerprint density at radius 2 is 1.84 bits per heavy atom. The summed E-state index contributed by atoms with van der Waals surface area (Å²) in [6.45, 7) is 2.56. The molecule has 0 radical (unpaired) electrons. The Balaban J connectivity index is 0.00000168. The van der Waals surface area contributed by atoms with Crippen LogP contribution in [-0.4, -0.2) is 36.5 Å². The Morgan fingerprint density at radius 3 is 2.63 bits per heavy atom. The van der Waals surface area contributed by atoms with Gasteiger partial charge in [0.05, 0.1) is 18.5 Å². The van der Waals surface area contributed by atoms with Crippen LogP contribution in [-0.2, 0) is 16.6 Å². The van der Waals surface area contributed by atoms with Gasteiger partial charge in [-0.25, -0.2) is 4.39 Å². The molecular weight excluding hydrogens is 544 g/mol. The summed E-state index contributed by atoms with van der Waals surface area (Å²) < 4.78 is 14.8. The van der Waals surface area contributed by atoms with E-state index in [9.17, 15) is 9.18 Å². The van der Waals surface area contributed by atoms with Gasteiger partial charge < -0.3 is 35.0 Å². The number of quaternary nitrogens is 1. The minimum atomic E-state index is -0.120. The van der Waals surface area contributed by atoms with E-state index >= 15 is 0 Å². The van der Waals surface area contributed by atoms with Gasteiger partial charge in [-0.15, -0.1) is 0 Å². The number of benzene rings is 1. The summed E-state index contributed by atoms with van der Waals surface area (Å²) in [6, 6.07) is 11.6. The number of nitrogens with one attached hydrogen (secondary N) is 1. The number of nitrogens with two attached hydrogens (primary N) is 1. The standard InChI is InChI=1S/C30H37ClFN3O.2ClH/c31-28-13-12-23-26(34-28)11-6-15-30(23)19-33-18-24(30)29(36)35-16-14-21(22-9-4-5-10-25(22)32)17-27(35)20-7-2-1-3-8-20;;/h4-5,9-10,12-13,20-21,24,27,33H,1-3,6-8,11,14-19H2;2*1H/t21-,24+,27+,30+;;/m1../s1. The van der Waals surface area contributed by atoms with Gasteiger partial charge in [0.25, 0.3) is 5.15 Å². The van der Waals surface area contributed by atoms with Crippen LogP contribution in [0.3, 0.4) is 0 Å². The second-order valence-electron chi connectivity index (χ2n) is 11.7. The first-order chi connectivity index (χ1) is 17.6. The highest BCUT2D eigenvalue weighted by Gasteiger charge is 2.56. The van der Waals surface area contributed by atoms with Crippen molar-refractivity contribution in [1.29, 1.82) is 0 Å². The number of rotatable bonds is 3. The molecule has 208 valence electrons. The fourth-order valence-corrected chi connectivity index (χ4v) is 8.38. The lowest BCUT2D eigenvalue weighted by Crippen LogP contribution is -3.00. The molecule has 38 heavy (non-hydrogen) atoms. The van der Waals surface area contributed by atoms with Crippen molar-refractivity contribution in [3.8, 4) is 0 Å². The zero-order valence-corrected chi connectivity index (χ0v) is 24.2. The molecule has 4 aliphatic rings. The molecule has 2 aromatic rings. The number of aryl methyl sites for hydroxylation is 1. The molecule has 4 atom stereocenters. The van der Waals surface area contributed by atoms with Crippen molar-refractivity contribution in [2.24, 2.45) is 11.8 Å². The van der Waals surface area contributed by atoms with Crippen LogP contribution < -0.4 is 35.1 Å².